The van der Waals surface area contributed by atoms with Crippen molar-refractivity contribution in [2.24, 2.45) is 0 Å². The lowest BCUT2D eigenvalue weighted by atomic mass is 10.1. The van der Waals surface area contributed by atoms with Crippen molar-refractivity contribution in [1.82, 2.24) is 5.16 Å². The summed E-state index contributed by atoms with van der Waals surface area (Å²) in [4.78, 5) is 10.6. The van der Waals surface area contributed by atoms with Crippen LogP contribution in [0.15, 0.2) is 35.1 Å². The highest BCUT2D eigenvalue weighted by atomic mass is 16.5. The van der Waals surface area contributed by atoms with Gasteiger partial charge in [-0.3, -0.25) is 4.79 Å². The van der Waals surface area contributed by atoms with E-state index < -0.39 is 0 Å². The van der Waals surface area contributed by atoms with Crippen molar-refractivity contribution >= 4 is 6.29 Å². The fourth-order valence-electron chi connectivity index (χ4n) is 1.17. The summed E-state index contributed by atoms with van der Waals surface area (Å²) in [5.74, 6) is 0.171. The molecule has 0 saturated carbocycles. The van der Waals surface area contributed by atoms with Gasteiger partial charge in [-0.1, -0.05) is 5.16 Å². The zero-order valence-corrected chi connectivity index (χ0v) is 7.18. The molecule has 0 bridgehead atoms. The number of phenolic OH excluding ortho intramolecular Hbond substituents is 1. The fourth-order valence-corrected chi connectivity index (χ4v) is 1.17. The number of hydrogen-bond acceptors (Lipinski definition) is 4. The van der Waals surface area contributed by atoms with E-state index in [9.17, 15) is 4.79 Å². The van der Waals surface area contributed by atoms with Gasteiger partial charge in [-0.25, -0.2) is 0 Å². The summed E-state index contributed by atoms with van der Waals surface area (Å²) in [6.45, 7) is 0. The Hall–Kier alpha value is -2.10. The van der Waals surface area contributed by atoms with Crippen molar-refractivity contribution in [3.8, 4) is 17.0 Å². The molecule has 0 spiro atoms. The molecule has 0 unspecified atom stereocenters. The number of rotatable bonds is 2. The summed E-state index contributed by atoms with van der Waals surface area (Å²) < 4.78 is 4.68. The average molecular weight is 189 g/mol. The second-order valence-electron chi connectivity index (χ2n) is 2.78. The monoisotopic (exact) mass is 189 g/mol. The van der Waals surface area contributed by atoms with Crippen LogP contribution in [0.5, 0.6) is 5.75 Å². The number of aromatic nitrogens is 1. The van der Waals surface area contributed by atoms with Crippen molar-refractivity contribution in [2.45, 2.75) is 0 Å². The van der Waals surface area contributed by atoms with Gasteiger partial charge in [-0.05, 0) is 24.3 Å². The summed E-state index contributed by atoms with van der Waals surface area (Å²) in [6, 6.07) is 6.39. The van der Waals surface area contributed by atoms with Gasteiger partial charge in [0, 0.05) is 5.56 Å². The van der Waals surface area contributed by atoms with E-state index in [1.54, 1.807) is 12.1 Å². The second-order valence-corrected chi connectivity index (χ2v) is 2.78. The second kappa shape index (κ2) is 3.33. The van der Waals surface area contributed by atoms with E-state index in [1.165, 1.54) is 18.4 Å². The third-order valence-corrected chi connectivity index (χ3v) is 1.86. The maximum atomic E-state index is 10.6. The van der Waals surface area contributed by atoms with E-state index in [0.29, 0.717) is 17.5 Å². The number of carbonyl (C=O) groups excluding carboxylic acids is 1. The van der Waals surface area contributed by atoms with Gasteiger partial charge >= 0.3 is 0 Å². The van der Waals surface area contributed by atoms with E-state index in [1.807, 2.05) is 0 Å². The van der Waals surface area contributed by atoms with E-state index in [4.69, 9.17) is 5.11 Å². The first-order valence-corrected chi connectivity index (χ1v) is 4.00. The third-order valence-electron chi connectivity index (χ3n) is 1.86. The van der Waals surface area contributed by atoms with Crippen LogP contribution in [0.2, 0.25) is 0 Å². The quantitative estimate of drug-likeness (QED) is 0.732. The smallest absolute Gasteiger partial charge is 0.155 e. The SMILES string of the molecule is O=Cc1conc1-c1ccc(O)cc1. The Morgan fingerprint density at radius 2 is 2.00 bits per heavy atom. The zero-order valence-electron chi connectivity index (χ0n) is 7.18. The normalized spacial score (nSPS) is 10.0. The van der Waals surface area contributed by atoms with Gasteiger partial charge in [0.1, 0.15) is 17.7 Å². The van der Waals surface area contributed by atoms with Crippen LogP contribution in [0.3, 0.4) is 0 Å². The van der Waals surface area contributed by atoms with Gasteiger partial charge in [0.25, 0.3) is 0 Å². The molecule has 70 valence electrons. The first-order valence-electron chi connectivity index (χ1n) is 4.00. The van der Waals surface area contributed by atoms with E-state index in [-0.39, 0.29) is 5.75 Å². The summed E-state index contributed by atoms with van der Waals surface area (Å²) in [6.07, 6.45) is 1.97. The molecule has 2 aromatic rings. The van der Waals surface area contributed by atoms with Crippen LogP contribution >= 0.6 is 0 Å². The van der Waals surface area contributed by atoms with Crippen LogP contribution in [-0.2, 0) is 0 Å². The maximum absolute atomic E-state index is 10.6. The standard InChI is InChI=1S/C10H7NO3/c12-5-8-6-14-11-10(8)7-1-3-9(13)4-2-7/h1-6,13H. The molecule has 0 aliphatic heterocycles. The van der Waals surface area contributed by atoms with Crippen molar-refractivity contribution in [1.29, 1.82) is 0 Å². The number of nitrogens with zero attached hydrogens (tertiary/aromatic N) is 1. The molecular formula is C10H7NO3. The Balaban J connectivity index is 2.49. The van der Waals surface area contributed by atoms with Crippen LogP contribution in [0.4, 0.5) is 0 Å². The molecule has 1 aromatic heterocycles. The Kier molecular flexibility index (Phi) is 2.02. The molecule has 14 heavy (non-hydrogen) atoms. The molecule has 4 nitrogen and oxygen atoms in total. The first-order chi connectivity index (χ1) is 6.81. The van der Waals surface area contributed by atoms with Crippen LogP contribution in [0.1, 0.15) is 10.4 Å². The highest BCUT2D eigenvalue weighted by Crippen LogP contribution is 2.22. The highest BCUT2D eigenvalue weighted by molar-refractivity contribution is 5.84. The van der Waals surface area contributed by atoms with Crippen LogP contribution in [0, 0.1) is 0 Å². The number of benzene rings is 1. The lowest BCUT2D eigenvalue weighted by Gasteiger charge is -1.96. The molecule has 0 saturated heterocycles. The number of carbonyl (C=O) groups is 1. The molecule has 0 aliphatic carbocycles. The lowest BCUT2D eigenvalue weighted by Crippen LogP contribution is -1.83. The van der Waals surface area contributed by atoms with Gasteiger partial charge in [0.2, 0.25) is 0 Å². The Bertz CT molecular complexity index is 445. The average Bonchev–Trinajstić information content (AvgIpc) is 2.67. The van der Waals surface area contributed by atoms with Gasteiger partial charge in [-0.2, -0.15) is 0 Å². The van der Waals surface area contributed by atoms with Crippen LogP contribution in [-0.4, -0.2) is 16.5 Å². The van der Waals surface area contributed by atoms with Crippen molar-refractivity contribution in [3.05, 3.63) is 36.1 Å². The molecule has 0 atom stereocenters. The van der Waals surface area contributed by atoms with E-state index in [2.05, 4.69) is 9.68 Å². The minimum Gasteiger partial charge on any atom is -0.508 e. The molecular weight excluding hydrogens is 182 g/mol. The Morgan fingerprint density at radius 3 is 2.64 bits per heavy atom. The molecule has 4 heteroatoms. The number of aldehydes is 1. The van der Waals surface area contributed by atoms with Gasteiger partial charge in [0.15, 0.2) is 6.29 Å². The van der Waals surface area contributed by atoms with Crippen LogP contribution in [0.25, 0.3) is 11.3 Å². The number of phenols is 1. The van der Waals surface area contributed by atoms with E-state index in [0.717, 1.165) is 5.56 Å². The third kappa shape index (κ3) is 1.37. The fraction of sp³-hybridized carbons (Fsp3) is 0. The lowest BCUT2D eigenvalue weighted by molar-refractivity contribution is 0.112. The first kappa shape index (κ1) is 8.50. The molecule has 0 aliphatic rings. The molecule has 0 amide bonds. The van der Waals surface area contributed by atoms with Gasteiger partial charge < -0.3 is 9.63 Å². The van der Waals surface area contributed by atoms with Crippen molar-refractivity contribution < 1.29 is 14.4 Å². The molecule has 1 heterocycles. The summed E-state index contributed by atoms with van der Waals surface area (Å²) in [7, 11) is 0. The predicted molar refractivity (Wildman–Crippen MR) is 49.0 cm³/mol. The summed E-state index contributed by atoms with van der Waals surface area (Å²) in [5, 5.41) is 12.8. The van der Waals surface area contributed by atoms with Crippen molar-refractivity contribution in [2.75, 3.05) is 0 Å². The van der Waals surface area contributed by atoms with Gasteiger partial charge in [0.05, 0.1) is 5.56 Å². The molecule has 2 rings (SSSR count). The van der Waals surface area contributed by atoms with Gasteiger partial charge in [-0.15, -0.1) is 0 Å². The minimum atomic E-state index is 0.171. The Morgan fingerprint density at radius 1 is 1.29 bits per heavy atom. The van der Waals surface area contributed by atoms with E-state index >= 15 is 0 Å². The predicted octanol–water partition coefficient (Wildman–Crippen LogP) is 1.86. The molecule has 1 N–H and O–H groups in total. The minimum absolute atomic E-state index is 0.171. The Labute approximate surface area is 79.8 Å². The number of hydrogen-bond donors (Lipinski definition) is 1. The zero-order chi connectivity index (χ0) is 9.97. The summed E-state index contributed by atoms with van der Waals surface area (Å²) in [5.41, 5.74) is 1.62. The molecule has 0 fully saturated rings. The molecule has 1 aromatic carbocycles. The van der Waals surface area contributed by atoms with Crippen LogP contribution < -0.4 is 0 Å². The topological polar surface area (TPSA) is 63.3 Å². The summed E-state index contributed by atoms with van der Waals surface area (Å²) >= 11 is 0. The highest BCUT2D eigenvalue weighted by Gasteiger charge is 2.08. The molecule has 0 radical (unpaired) electrons. The van der Waals surface area contributed by atoms with Crippen molar-refractivity contribution in [3.63, 3.8) is 0 Å². The number of aromatic hydroxyl groups is 1. The maximum Gasteiger partial charge on any atom is 0.155 e. The largest absolute Gasteiger partial charge is 0.508 e.